The van der Waals surface area contributed by atoms with Gasteiger partial charge >= 0.3 is 5.97 Å². The largest absolute Gasteiger partial charge is 0.481 e. The summed E-state index contributed by atoms with van der Waals surface area (Å²) in [7, 11) is 0. The van der Waals surface area contributed by atoms with Crippen LogP contribution in [0.3, 0.4) is 0 Å². The number of rotatable bonds is 9. The third-order valence-corrected chi connectivity index (χ3v) is 7.30. The van der Waals surface area contributed by atoms with E-state index in [-0.39, 0.29) is 24.8 Å². The van der Waals surface area contributed by atoms with Gasteiger partial charge in [-0.25, -0.2) is 4.98 Å². The molecule has 2 aromatic carbocycles. The topological polar surface area (TPSA) is 127 Å². The van der Waals surface area contributed by atoms with Gasteiger partial charge in [-0.3, -0.25) is 14.4 Å². The molecule has 10 heteroatoms. The molecule has 4 aromatic rings. The van der Waals surface area contributed by atoms with Gasteiger partial charge < -0.3 is 25.6 Å². The number of carbonyl (C=O) groups excluding carboxylic acids is 2. The minimum atomic E-state index is -0.920. The van der Waals surface area contributed by atoms with Gasteiger partial charge in [0.1, 0.15) is 6.54 Å². The molecular formula is C27H27N5O4S. The minimum Gasteiger partial charge on any atom is -0.481 e. The molecule has 0 atom stereocenters. The zero-order valence-corrected chi connectivity index (χ0v) is 20.9. The number of aliphatic carboxylic acids is 1. The molecule has 0 saturated carbocycles. The van der Waals surface area contributed by atoms with Crippen LogP contribution >= 0.6 is 11.3 Å². The maximum atomic E-state index is 12.8. The molecule has 1 aliphatic rings. The molecule has 5 rings (SSSR count). The van der Waals surface area contributed by atoms with E-state index in [9.17, 15) is 19.5 Å². The van der Waals surface area contributed by atoms with Crippen LogP contribution in [0.25, 0.3) is 11.0 Å². The molecule has 0 radical (unpaired) electrons. The first-order chi connectivity index (χ1) is 18.0. The Morgan fingerprint density at radius 1 is 1.11 bits per heavy atom. The van der Waals surface area contributed by atoms with Crippen molar-refractivity contribution >= 4 is 51.8 Å². The van der Waals surface area contributed by atoms with Crippen molar-refractivity contribution in [3.05, 3.63) is 75.5 Å². The van der Waals surface area contributed by atoms with E-state index in [2.05, 4.69) is 20.6 Å². The van der Waals surface area contributed by atoms with Crippen molar-refractivity contribution in [2.75, 3.05) is 16.8 Å². The Hall–Kier alpha value is -4.18. The van der Waals surface area contributed by atoms with E-state index in [0.29, 0.717) is 49.6 Å². The number of imidazole rings is 1. The molecule has 2 aromatic heterocycles. The average Bonchev–Trinajstić information content (AvgIpc) is 3.48. The first-order valence-electron chi connectivity index (χ1n) is 12.1. The summed E-state index contributed by atoms with van der Waals surface area (Å²) in [5.41, 5.74) is 5.12. The van der Waals surface area contributed by atoms with Crippen molar-refractivity contribution in [1.29, 1.82) is 0 Å². The van der Waals surface area contributed by atoms with Crippen molar-refractivity contribution in [2.45, 2.75) is 38.8 Å². The molecule has 37 heavy (non-hydrogen) atoms. The Labute approximate surface area is 217 Å². The summed E-state index contributed by atoms with van der Waals surface area (Å²) < 4.78 is 0. The van der Waals surface area contributed by atoms with E-state index in [1.165, 1.54) is 4.90 Å². The van der Waals surface area contributed by atoms with Gasteiger partial charge in [-0.15, -0.1) is 11.3 Å². The summed E-state index contributed by atoms with van der Waals surface area (Å²) in [6.07, 6.45) is 1.45. The number of fused-ring (bicyclic) bond motifs is 2. The number of carboxylic acids is 1. The van der Waals surface area contributed by atoms with E-state index in [0.717, 1.165) is 27.0 Å². The van der Waals surface area contributed by atoms with Crippen LogP contribution < -0.4 is 15.5 Å². The van der Waals surface area contributed by atoms with E-state index in [1.807, 2.05) is 35.7 Å². The molecule has 2 amide bonds. The number of nitrogens with zero attached hydrogens (tertiary/aromatic N) is 2. The molecule has 9 nitrogen and oxygen atoms in total. The van der Waals surface area contributed by atoms with Gasteiger partial charge in [0.15, 0.2) is 0 Å². The number of anilines is 2. The molecule has 0 unspecified atom stereocenters. The van der Waals surface area contributed by atoms with Gasteiger partial charge in [-0.05, 0) is 59.2 Å². The number of benzene rings is 2. The Balaban J connectivity index is 1.18. The Kier molecular flexibility index (Phi) is 7.18. The molecule has 0 bridgehead atoms. The molecular weight excluding hydrogens is 490 g/mol. The van der Waals surface area contributed by atoms with Gasteiger partial charge in [-0.1, -0.05) is 24.3 Å². The van der Waals surface area contributed by atoms with Gasteiger partial charge in [0.25, 0.3) is 0 Å². The molecule has 0 aliphatic carbocycles. The Bertz CT molecular complexity index is 1430. The Morgan fingerprint density at radius 2 is 1.97 bits per heavy atom. The average molecular weight is 518 g/mol. The van der Waals surface area contributed by atoms with Crippen LogP contribution in [0.1, 0.15) is 34.4 Å². The van der Waals surface area contributed by atoms with Gasteiger partial charge in [0, 0.05) is 23.5 Å². The molecule has 1 aliphatic heterocycles. The van der Waals surface area contributed by atoms with E-state index < -0.39 is 5.97 Å². The summed E-state index contributed by atoms with van der Waals surface area (Å²) in [5.74, 6) is -0.607. The van der Waals surface area contributed by atoms with Crippen LogP contribution in [0.15, 0.2) is 53.9 Å². The van der Waals surface area contributed by atoms with Gasteiger partial charge in [-0.2, -0.15) is 0 Å². The van der Waals surface area contributed by atoms with Crippen molar-refractivity contribution in [1.82, 2.24) is 15.3 Å². The van der Waals surface area contributed by atoms with Crippen LogP contribution in [-0.4, -0.2) is 39.4 Å². The van der Waals surface area contributed by atoms with E-state index in [4.69, 9.17) is 0 Å². The quantitative estimate of drug-likeness (QED) is 0.267. The number of carboxylic acid groups (broad SMARTS) is 1. The zero-order chi connectivity index (χ0) is 25.8. The fourth-order valence-electron chi connectivity index (χ4n) is 4.57. The number of thiophene rings is 1. The first-order valence-corrected chi connectivity index (χ1v) is 13.0. The van der Waals surface area contributed by atoms with Crippen molar-refractivity contribution in [2.24, 2.45) is 0 Å². The zero-order valence-electron chi connectivity index (χ0n) is 20.1. The number of aromatic amines is 1. The second-order valence-electron chi connectivity index (χ2n) is 8.97. The van der Waals surface area contributed by atoms with E-state index >= 15 is 0 Å². The number of carbonyl (C=O) groups is 3. The van der Waals surface area contributed by atoms with Crippen molar-refractivity contribution < 1.29 is 19.5 Å². The highest BCUT2D eigenvalue weighted by molar-refractivity contribution is 7.10. The summed E-state index contributed by atoms with van der Waals surface area (Å²) in [5, 5.41) is 17.5. The Morgan fingerprint density at radius 3 is 2.81 bits per heavy atom. The lowest BCUT2D eigenvalue weighted by molar-refractivity contribution is -0.136. The van der Waals surface area contributed by atoms with Crippen LogP contribution in [0.2, 0.25) is 0 Å². The van der Waals surface area contributed by atoms with E-state index in [1.54, 1.807) is 29.5 Å². The number of para-hydroxylation sites is 2. The van der Waals surface area contributed by atoms with Gasteiger partial charge in [0.05, 0.1) is 24.0 Å². The number of amides is 2. The van der Waals surface area contributed by atoms with Gasteiger partial charge in [0.2, 0.25) is 17.8 Å². The smallest absolute Gasteiger partial charge is 0.307 e. The van der Waals surface area contributed by atoms with Crippen LogP contribution in [0.5, 0.6) is 0 Å². The molecule has 0 fully saturated rings. The predicted molar refractivity (Wildman–Crippen MR) is 143 cm³/mol. The van der Waals surface area contributed by atoms with Crippen LogP contribution in [0, 0.1) is 0 Å². The minimum absolute atomic E-state index is 0.103. The highest BCUT2D eigenvalue weighted by Gasteiger charge is 2.26. The molecule has 3 heterocycles. The fraction of sp³-hybridized carbons (Fsp3) is 0.259. The normalized spacial score (nSPS) is 13.3. The molecule has 4 N–H and O–H groups in total. The number of nitrogens with one attached hydrogen (secondary N) is 3. The first kappa shape index (κ1) is 24.5. The SMILES string of the molecule is O=C(O)Cc1cccc2c1CCCC(=O)N2CC(=O)NCc1cc(CNc2nc3ccccc3[nH]2)cs1. The highest BCUT2D eigenvalue weighted by atomic mass is 32.1. The number of H-pyrrole nitrogens is 1. The summed E-state index contributed by atoms with van der Waals surface area (Å²) >= 11 is 1.56. The summed E-state index contributed by atoms with van der Waals surface area (Å²) in [6, 6.07) is 15.2. The third-order valence-electron chi connectivity index (χ3n) is 6.32. The van der Waals surface area contributed by atoms with Crippen molar-refractivity contribution in [3.8, 4) is 0 Å². The second-order valence-corrected chi connectivity index (χ2v) is 9.97. The standard InChI is InChI=1S/C27H27N5O4S/c33-24(15-32-23-9-3-5-18(12-26(35)36)20(23)6-4-10-25(32)34)28-14-19-11-17(16-37-19)13-29-27-30-21-7-1-2-8-22(21)31-27/h1-3,5,7-9,11,16H,4,6,10,12-15H2,(H,28,33)(H,35,36)(H2,29,30,31). The second kappa shape index (κ2) is 10.8. The number of hydrogen-bond acceptors (Lipinski definition) is 6. The monoisotopic (exact) mass is 517 g/mol. The molecule has 0 saturated heterocycles. The maximum Gasteiger partial charge on any atom is 0.307 e. The summed E-state index contributed by atoms with van der Waals surface area (Å²) in [4.78, 5) is 47.1. The maximum absolute atomic E-state index is 12.8. The third kappa shape index (κ3) is 5.80. The highest BCUT2D eigenvalue weighted by Crippen LogP contribution is 2.30. The lowest BCUT2D eigenvalue weighted by Crippen LogP contribution is -2.40. The predicted octanol–water partition coefficient (Wildman–Crippen LogP) is 3.85. The van der Waals surface area contributed by atoms with Crippen LogP contribution in [-0.2, 0) is 40.3 Å². The fourth-order valence-corrected chi connectivity index (χ4v) is 5.40. The van der Waals surface area contributed by atoms with Crippen molar-refractivity contribution in [3.63, 3.8) is 0 Å². The van der Waals surface area contributed by atoms with Crippen LogP contribution in [0.4, 0.5) is 11.6 Å². The number of hydrogen-bond donors (Lipinski definition) is 4. The molecule has 190 valence electrons. The summed E-state index contributed by atoms with van der Waals surface area (Å²) in [6.45, 7) is 0.859. The number of aromatic nitrogens is 2. The lowest BCUT2D eigenvalue weighted by Gasteiger charge is -2.23. The molecule has 0 spiro atoms. The lowest BCUT2D eigenvalue weighted by atomic mass is 9.98.